The standard InChI is InChI=1S/C14H19N.C7H6F2.C2H6/c1-4-10(2)14(9-15-3)13-8-11-5-6-12(13)7-11;1-5-2-3-6(8)7(9)4-5;1-2/h8-9,11-12H,2-7H2,1H3;2-4H,1H3;1-2H3/b14-9-;;. The number of aliphatic imine (C=N–C) groups is 1. The lowest BCUT2D eigenvalue weighted by molar-refractivity contribution is 0.508. The van der Waals surface area contributed by atoms with Crippen molar-refractivity contribution in [1.29, 1.82) is 0 Å². The fourth-order valence-electron chi connectivity index (χ4n) is 3.40. The molecular weight excluding hydrogens is 328 g/mol. The van der Waals surface area contributed by atoms with Gasteiger partial charge in [-0.05, 0) is 85.6 Å². The number of hydrogen-bond donors (Lipinski definition) is 0. The molecule has 1 nitrogen and oxygen atoms in total. The number of aryl methyl sites for hydroxylation is 1. The van der Waals surface area contributed by atoms with Crippen LogP contribution in [0.2, 0.25) is 0 Å². The number of nitrogens with zero attached hydrogens (tertiary/aromatic N) is 1. The summed E-state index contributed by atoms with van der Waals surface area (Å²) >= 11 is 0. The molecule has 0 amide bonds. The molecule has 2 unspecified atom stereocenters. The lowest BCUT2D eigenvalue weighted by Gasteiger charge is -2.17. The van der Waals surface area contributed by atoms with E-state index < -0.39 is 11.6 Å². The molecule has 0 saturated heterocycles. The molecule has 2 atom stereocenters. The summed E-state index contributed by atoms with van der Waals surface area (Å²) < 4.78 is 24.3. The minimum absolute atomic E-state index is 0.730. The molecule has 0 heterocycles. The van der Waals surface area contributed by atoms with Gasteiger partial charge in [-0.15, -0.1) is 0 Å². The Bertz CT molecular complexity index is 685. The van der Waals surface area contributed by atoms with Crippen molar-refractivity contribution in [2.75, 3.05) is 0 Å². The number of benzene rings is 1. The Kier molecular flexibility index (Phi) is 9.18. The van der Waals surface area contributed by atoms with Crippen molar-refractivity contribution >= 4 is 6.72 Å². The fourth-order valence-corrected chi connectivity index (χ4v) is 3.40. The van der Waals surface area contributed by atoms with E-state index >= 15 is 0 Å². The molecule has 2 aliphatic carbocycles. The normalized spacial score (nSPS) is 20.4. The third kappa shape index (κ3) is 5.76. The van der Waals surface area contributed by atoms with Crippen molar-refractivity contribution in [3.8, 4) is 0 Å². The molecule has 142 valence electrons. The highest BCUT2D eigenvalue weighted by Gasteiger charge is 2.34. The van der Waals surface area contributed by atoms with Crippen LogP contribution in [0.5, 0.6) is 0 Å². The third-order valence-electron chi connectivity index (χ3n) is 4.74. The van der Waals surface area contributed by atoms with Gasteiger partial charge in [0.15, 0.2) is 11.6 Å². The summed E-state index contributed by atoms with van der Waals surface area (Å²) in [5, 5.41) is 0. The van der Waals surface area contributed by atoms with Crippen molar-refractivity contribution in [2.45, 2.75) is 53.4 Å². The molecular formula is C23H31F2N. The van der Waals surface area contributed by atoms with E-state index in [9.17, 15) is 8.78 Å². The Hall–Kier alpha value is -2.03. The van der Waals surface area contributed by atoms with E-state index in [1.54, 1.807) is 6.92 Å². The number of rotatable bonds is 4. The summed E-state index contributed by atoms with van der Waals surface area (Å²) in [5.41, 5.74) is 4.67. The first-order valence-electron chi connectivity index (χ1n) is 9.44. The zero-order valence-corrected chi connectivity index (χ0v) is 16.5. The lowest BCUT2D eigenvalue weighted by Crippen LogP contribution is -2.02. The summed E-state index contributed by atoms with van der Waals surface area (Å²) in [6, 6.07) is 3.80. The minimum atomic E-state index is -0.791. The van der Waals surface area contributed by atoms with Crippen molar-refractivity contribution in [3.05, 3.63) is 71.0 Å². The maximum Gasteiger partial charge on any atom is 0.159 e. The van der Waals surface area contributed by atoms with Crippen LogP contribution in [0.15, 0.2) is 58.8 Å². The Balaban J connectivity index is 0.000000263. The van der Waals surface area contributed by atoms with Crippen LogP contribution in [0.3, 0.4) is 0 Å². The summed E-state index contributed by atoms with van der Waals surface area (Å²) in [7, 11) is 0. The minimum Gasteiger partial charge on any atom is -0.272 e. The second-order valence-corrected chi connectivity index (χ2v) is 6.49. The first kappa shape index (κ1) is 22.0. The van der Waals surface area contributed by atoms with Gasteiger partial charge < -0.3 is 0 Å². The second kappa shape index (κ2) is 10.8. The van der Waals surface area contributed by atoms with Gasteiger partial charge in [-0.3, -0.25) is 4.99 Å². The highest BCUT2D eigenvalue weighted by Crippen LogP contribution is 2.47. The summed E-state index contributed by atoms with van der Waals surface area (Å²) in [5.74, 6) is 0.0183. The molecule has 1 fully saturated rings. The number of allylic oxidation sites excluding steroid dienone is 4. The van der Waals surface area contributed by atoms with Crippen LogP contribution >= 0.6 is 0 Å². The van der Waals surface area contributed by atoms with Gasteiger partial charge in [-0.1, -0.05) is 39.5 Å². The Labute approximate surface area is 157 Å². The smallest absolute Gasteiger partial charge is 0.159 e. The van der Waals surface area contributed by atoms with Crippen LogP contribution in [0, 0.1) is 30.4 Å². The molecule has 2 bridgehead atoms. The number of fused-ring (bicyclic) bond motifs is 2. The van der Waals surface area contributed by atoms with E-state index in [1.165, 1.54) is 42.0 Å². The van der Waals surface area contributed by atoms with Gasteiger partial charge in [-0.2, -0.15) is 0 Å². The van der Waals surface area contributed by atoms with E-state index in [1.807, 2.05) is 20.0 Å². The average molecular weight is 360 g/mol. The van der Waals surface area contributed by atoms with Crippen LogP contribution < -0.4 is 0 Å². The number of hydrogen-bond acceptors (Lipinski definition) is 1. The predicted molar refractivity (Wildman–Crippen MR) is 108 cm³/mol. The van der Waals surface area contributed by atoms with Crippen molar-refractivity contribution in [1.82, 2.24) is 0 Å². The van der Waals surface area contributed by atoms with Gasteiger partial charge in [0, 0.05) is 6.20 Å². The SMILES string of the molecule is C=N/C=C(/C(=C)CC)C1=CC2CCC1C2.CC.Cc1ccc(F)c(F)c1. The zero-order valence-electron chi connectivity index (χ0n) is 16.5. The van der Waals surface area contributed by atoms with Crippen LogP contribution in [0.4, 0.5) is 8.78 Å². The van der Waals surface area contributed by atoms with E-state index in [2.05, 4.69) is 31.3 Å². The van der Waals surface area contributed by atoms with Crippen LogP contribution in [-0.4, -0.2) is 6.72 Å². The van der Waals surface area contributed by atoms with Gasteiger partial charge in [0.2, 0.25) is 0 Å². The Morgan fingerprint density at radius 1 is 1.23 bits per heavy atom. The quantitative estimate of drug-likeness (QED) is 0.398. The van der Waals surface area contributed by atoms with Crippen molar-refractivity contribution in [2.24, 2.45) is 16.8 Å². The van der Waals surface area contributed by atoms with Gasteiger partial charge >= 0.3 is 0 Å². The Morgan fingerprint density at radius 3 is 2.35 bits per heavy atom. The number of halogens is 2. The van der Waals surface area contributed by atoms with Gasteiger partial charge in [-0.25, -0.2) is 8.78 Å². The van der Waals surface area contributed by atoms with E-state index in [-0.39, 0.29) is 0 Å². The average Bonchev–Trinajstić information content (AvgIpc) is 3.28. The third-order valence-corrected chi connectivity index (χ3v) is 4.74. The highest BCUT2D eigenvalue weighted by atomic mass is 19.2. The van der Waals surface area contributed by atoms with Gasteiger partial charge in [0.1, 0.15) is 0 Å². The monoisotopic (exact) mass is 359 g/mol. The Morgan fingerprint density at radius 2 is 1.92 bits per heavy atom. The van der Waals surface area contributed by atoms with E-state index in [4.69, 9.17) is 0 Å². The molecule has 1 aromatic carbocycles. The van der Waals surface area contributed by atoms with Crippen LogP contribution in [0.25, 0.3) is 0 Å². The molecule has 1 aromatic rings. The fraction of sp³-hybridized carbons (Fsp3) is 0.435. The largest absolute Gasteiger partial charge is 0.272 e. The molecule has 3 heteroatoms. The molecule has 26 heavy (non-hydrogen) atoms. The lowest BCUT2D eigenvalue weighted by atomic mass is 9.88. The predicted octanol–water partition coefficient (Wildman–Crippen LogP) is 7.19. The summed E-state index contributed by atoms with van der Waals surface area (Å²) in [6.45, 7) is 15.5. The van der Waals surface area contributed by atoms with E-state index in [0.717, 1.165) is 36.0 Å². The molecule has 0 spiro atoms. The first-order valence-corrected chi connectivity index (χ1v) is 9.44. The van der Waals surface area contributed by atoms with Crippen molar-refractivity contribution < 1.29 is 8.78 Å². The summed E-state index contributed by atoms with van der Waals surface area (Å²) in [6.07, 6.45) is 9.39. The molecule has 2 aliphatic rings. The topological polar surface area (TPSA) is 12.4 Å². The maximum absolute atomic E-state index is 12.2. The second-order valence-electron chi connectivity index (χ2n) is 6.49. The highest BCUT2D eigenvalue weighted by molar-refractivity contribution is 5.50. The molecule has 0 aromatic heterocycles. The van der Waals surface area contributed by atoms with Gasteiger partial charge in [0.05, 0.1) is 0 Å². The molecule has 0 N–H and O–H groups in total. The zero-order chi connectivity index (χ0) is 19.7. The molecule has 1 saturated carbocycles. The van der Waals surface area contributed by atoms with Gasteiger partial charge in [0.25, 0.3) is 0 Å². The molecule has 0 radical (unpaired) electrons. The van der Waals surface area contributed by atoms with Crippen LogP contribution in [0.1, 0.15) is 52.0 Å². The molecule has 3 rings (SSSR count). The maximum atomic E-state index is 12.2. The van der Waals surface area contributed by atoms with Crippen LogP contribution in [-0.2, 0) is 0 Å². The van der Waals surface area contributed by atoms with Crippen molar-refractivity contribution in [3.63, 3.8) is 0 Å². The van der Waals surface area contributed by atoms with E-state index in [0.29, 0.717) is 0 Å². The summed E-state index contributed by atoms with van der Waals surface area (Å²) in [4.78, 5) is 3.92. The molecule has 0 aliphatic heterocycles. The first-order chi connectivity index (χ1) is 12.5.